The summed E-state index contributed by atoms with van der Waals surface area (Å²) in [4.78, 5) is 4.57. The Hall–Kier alpha value is -0.570. The maximum Gasteiger partial charge on any atom is 0.0971 e. The minimum Gasteiger partial charge on any atom is -0.367 e. The Labute approximate surface area is 86.4 Å². The molecule has 3 heteroatoms. The van der Waals surface area contributed by atoms with Crippen LogP contribution in [0.5, 0.6) is 0 Å². The van der Waals surface area contributed by atoms with E-state index in [9.17, 15) is 0 Å². The Morgan fingerprint density at radius 2 is 2.07 bits per heavy atom. The third-order valence-corrected chi connectivity index (χ3v) is 3.09. The van der Waals surface area contributed by atoms with Crippen molar-refractivity contribution in [1.29, 1.82) is 0 Å². The van der Waals surface area contributed by atoms with Crippen molar-refractivity contribution in [2.45, 2.75) is 38.6 Å². The van der Waals surface area contributed by atoms with Crippen LogP contribution in [0, 0.1) is 5.92 Å². The molecule has 3 nitrogen and oxygen atoms in total. The Bertz CT molecular complexity index is 227. The maximum absolute atomic E-state index is 4.57. The van der Waals surface area contributed by atoms with Gasteiger partial charge in [0.1, 0.15) is 0 Å². The van der Waals surface area contributed by atoms with Crippen LogP contribution in [0.1, 0.15) is 33.1 Å². The highest BCUT2D eigenvalue weighted by Gasteiger charge is 2.26. The summed E-state index contributed by atoms with van der Waals surface area (Å²) in [6, 6.07) is 0. The van der Waals surface area contributed by atoms with E-state index in [4.69, 9.17) is 0 Å². The number of nitrogens with zero attached hydrogens (tertiary/aromatic N) is 1. The largest absolute Gasteiger partial charge is 0.367 e. The molecule has 0 aromatic carbocycles. The van der Waals surface area contributed by atoms with Crippen molar-refractivity contribution < 1.29 is 0 Å². The number of piperidine rings is 1. The highest BCUT2D eigenvalue weighted by atomic mass is 15.1. The average Bonchev–Trinajstić information content (AvgIpc) is 2.47. The molecule has 2 rings (SSSR count). The lowest BCUT2D eigenvalue weighted by Crippen LogP contribution is -2.40. The van der Waals surface area contributed by atoms with Crippen LogP contribution in [-0.4, -0.2) is 31.0 Å². The molecule has 1 fully saturated rings. The second kappa shape index (κ2) is 3.89. The standard InChI is InChI=1S/C11H21N3/c1-11(2)8-13-10(14-11)7-9-3-5-12-6-4-9/h9,12H,3-8H2,1-2H3,(H,13,14). The molecule has 2 aliphatic heterocycles. The van der Waals surface area contributed by atoms with Gasteiger partial charge in [-0.3, -0.25) is 4.99 Å². The lowest BCUT2D eigenvalue weighted by atomic mass is 9.94. The molecule has 0 bridgehead atoms. The van der Waals surface area contributed by atoms with Crippen LogP contribution in [0.3, 0.4) is 0 Å². The van der Waals surface area contributed by atoms with Gasteiger partial charge < -0.3 is 10.6 Å². The quantitative estimate of drug-likeness (QED) is 0.693. The first kappa shape index (κ1) is 9.97. The highest BCUT2D eigenvalue weighted by molar-refractivity contribution is 5.84. The minimum absolute atomic E-state index is 0.197. The first-order valence-electron chi connectivity index (χ1n) is 5.68. The zero-order valence-corrected chi connectivity index (χ0v) is 9.27. The second-order valence-electron chi connectivity index (χ2n) is 5.17. The Kier molecular flexibility index (Phi) is 2.77. The van der Waals surface area contributed by atoms with Gasteiger partial charge in [0.05, 0.1) is 17.9 Å². The van der Waals surface area contributed by atoms with Gasteiger partial charge in [0.2, 0.25) is 0 Å². The van der Waals surface area contributed by atoms with Crippen LogP contribution in [0.25, 0.3) is 0 Å². The van der Waals surface area contributed by atoms with E-state index in [1.165, 1.54) is 31.8 Å². The van der Waals surface area contributed by atoms with Crippen molar-refractivity contribution in [3.8, 4) is 0 Å². The van der Waals surface area contributed by atoms with Gasteiger partial charge in [-0.05, 0) is 45.7 Å². The molecule has 0 radical (unpaired) electrons. The third kappa shape index (κ3) is 2.47. The summed E-state index contributed by atoms with van der Waals surface area (Å²) in [7, 11) is 0. The van der Waals surface area contributed by atoms with Crippen LogP contribution >= 0.6 is 0 Å². The summed E-state index contributed by atoms with van der Waals surface area (Å²) in [6.07, 6.45) is 3.77. The maximum atomic E-state index is 4.57. The number of hydrogen-bond acceptors (Lipinski definition) is 3. The average molecular weight is 195 g/mol. The molecule has 80 valence electrons. The van der Waals surface area contributed by atoms with Crippen molar-refractivity contribution in [2.75, 3.05) is 19.6 Å². The molecule has 0 aromatic rings. The molecule has 0 amide bonds. The predicted molar refractivity (Wildman–Crippen MR) is 59.7 cm³/mol. The fraction of sp³-hybridized carbons (Fsp3) is 0.909. The van der Waals surface area contributed by atoms with Crippen LogP contribution in [0.2, 0.25) is 0 Å². The van der Waals surface area contributed by atoms with Gasteiger partial charge in [0, 0.05) is 6.42 Å². The summed E-state index contributed by atoms with van der Waals surface area (Å²) >= 11 is 0. The van der Waals surface area contributed by atoms with Gasteiger partial charge in [0.25, 0.3) is 0 Å². The molecule has 2 heterocycles. The van der Waals surface area contributed by atoms with Crippen molar-refractivity contribution in [2.24, 2.45) is 10.9 Å². The zero-order valence-electron chi connectivity index (χ0n) is 9.27. The molecule has 0 atom stereocenters. The van der Waals surface area contributed by atoms with Crippen LogP contribution < -0.4 is 10.6 Å². The Morgan fingerprint density at radius 1 is 1.36 bits per heavy atom. The van der Waals surface area contributed by atoms with Gasteiger partial charge >= 0.3 is 0 Å². The van der Waals surface area contributed by atoms with Crippen molar-refractivity contribution in [3.05, 3.63) is 0 Å². The lowest BCUT2D eigenvalue weighted by Gasteiger charge is -2.24. The predicted octanol–water partition coefficient (Wildman–Crippen LogP) is 1.16. The van der Waals surface area contributed by atoms with Gasteiger partial charge in [-0.2, -0.15) is 0 Å². The van der Waals surface area contributed by atoms with Crippen molar-refractivity contribution in [1.82, 2.24) is 10.6 Å². The highest BCUT2D eigenvalue weighted by Crippen LogP contribution is 2.19. The second-order valence-corrected chi connectivity index (χ2v) is 5.17. The molecule has 0 unspecified atom stereocenters. The Balaban J connectivity index is 1.80. The van der Waals surface area contributed by atoms with E-state index in [0.29, 0.717) is 0 Å². The van der Waals surface area contributed by atoms with E-state index in [0.717, 1.165) is 18.9 Å². The van der Waals surface area contributed by atoms with E-state index >= 15 is 0 Å². The van der Waals surface area contributed by atoms with Crippen LogP contribution in [0.4, 0.5) is 0 Å². The van der Waals surface area contributed by atoms with E-state index in [1.807, 2.05) is 0 Å². The van der Waals surface area contributed by atoms with Gasteiger partial charge in [-0.1, -0.05) is 0 Å². The fourth-order valence-corrected chi connectivity index (χ4v) is 2.24. The van der Waals surface area contributed by atoms with E-state index in [2.05, 4.69) is 29.5 Å². The summed E-state index contributed by atoms with van der Waals surface area (Å²) < 4.78 is 0. The first-order valence-corrected chi connectivity index (χ1v) is 5.68. The number of amidine groups is 1. The topological polar surface area (TPSA) is 36.4 Å². The third-order valence-electron chi connectivity index (χ3n) is 3.09. The monoisotopic (exact) mass is 195 g/mol. The molecule has 0 aromatic heterocycles. The summed E-state index contributed by atoms with van der Waals surface area (Å²) in [6.45, 7) is 7.73. The van der Waals surface area contributed by atoms with Crippen LogP contribution in [0.15, 0.2) is 4.99 Å². The van der Waals surface area contributed by atoms with Crippen molar-refractivity contribution >= 4 is 5.84 Å². The molecular formula is C11H21N3. The number of rotatable bonds is 2. The molecule has 2 N–H and O–H groups in total. The van der Waals surface area contributed by atoms with E-state index in [-0.39, 0.29) is 5.54 Å². The smallest absolute Gasteiger partial charge is 0.0971 e. The molecule has 0 saturated carbocycles. The first-order chi connectivity index (χ1) is 6.66. The Morgan fingerprint density at radius 3 is 2.64 bits per heavy atom. The lowest BCUT2D eigenvalue weighted by molar-refractivity contribution is 0.381. The molecule has 2 aliphatic rings. The fourth-order valence-electron chi connectivity index (χ4n) is 2.24. The normalized spacial score (nSPS) is 27.1. The van der Waals surface area contributed by atoms with Gasteiger partial charge in [-0.15, -0.1) is 0 Å². The SMILES string of the molecule is CC1(C)CN=C(CC2CCNCC2)N1. The summed E-state index contributed by atoms with van der Waals surface area (Å²) in [5, 5.41) is 6.90. The number of nitrogens with one attached hydrogen (secondary N) is 2. The van der Waals surface area contributed by atoms with Gasteiger partial charge in [-0.25, -0.2) is 0 Å². The number of hydrogen-bond donors (Lipinski definition) is 2. The molecule has 0 aliphatic carbocycles. The van der Waals surface area contributed by atoms with Crippen molar-refractivity contribution in [3.63, 3.8) is 0 Å². The van der Waals surface area contributed by atoms with Crippen LogP contribution in [-0.2, 0) is 0 Å². The van der Waals surface area contributed by atoms with Gasteiger partial charge in [0.15, 0.2) is 0 Å². The zero-order chi connectivity index (χ0) is 10.0. The van der Waals surface area contributed by atoms with E-state index < -0.39 is 0 Å². The molecular weight excluding hydrogens is 174 g/mol. The number of aliphatic imine (C=N–C) groups is 1. The van der Waals surface area contributed by atoms with E-state index in [1.54, 1.807) is 0 Å². The summed E-state index contributed by atoms with van der Waals surface area (Å²) in [5.74, 6) is 2.08. The molecule has 14 heavy (non-hydrogen) atoms. The molecule has 0 spiro atoms. The minimum atomic E-state index is 0.197. The molecule has 1 saturated heterocycles. The summed E-state index contributed by atoms with van der Waals surface area (Å²) in [5.41, 5.74) is 0.197.